The highest BCUT2D eigenvalue weighted by molar-refractivity contribution is 5.48. The molecule has 5 heteroatoms. The van der Waals surface area contributed by atoms with Gasteiger partial charge in [-0.2, -0.15) is 0 Å². The van der Waals surface area contributed by atoms with Crippen LogP contribution in [0.4, 0.5) is 8.78 Å². The van der Waals surface area contributed by atoms with Gasteiger partial charge in [0.2, 0.25) is 0 Å². The summed E-state index contributed by atoms with van der Waals surface area (Å²) in [6.07, 6.45) is 5.99. The van der Waals surface area contributed by atoms with E-state index in [-0.39, 0.29) is 11.6 Å². The monoisotopic (exact) mass is 400 g/mol. The first-order valence-corrected chi connectivity index (χ1v) is 10.6. The van der Waals surface area contributed by atoms with Gasteiger partial charge in [0.15, 0.2) is 0 Å². The van der Waals surface area contributed by atoms with E-state index in [0.717, 1.165) is 64.7 Å². The largest absolute Gasteiger partial charge is 0.303 e. The quantitative estimate of drug-likeness (QED) is 0.422. The summed E-state index contributed by atoms with van der Waals surface area (Å²) in [5, 5.41) is 0. The molecule has 1 saturated heterocycles. The average molecular weight is 401 g/mol. The number of carbonyl (C=O) groups is 1. The van der Waals surface area contributed by atoms with Crippen LogP contribution >= 0.6 is 0 Å². The zero-order valence-corrected chi connectivity index (χ0v) is 16.9. The molecule has 1 heterocycles. The predicted octanol–water partition coefficient (Wildman–Crippen LogP) is 4.82. The van der Waals surface area contributed by atoms with Crippen molar-refractivity contribution in [3.05, 3.63) is 71.3 Å². The van der Waals surface area contributed by atoms with Crippen LogP contribution in [0.25, 0.3) is 0 Å². The van der Waals surface area contributed by atoms with Crippen LogP contribution in [-0.4, -0.2) is 48.8 Å². The summed E-state index contributed by atoms with van der Waals surface area (Å²) in [6, 6.07) is 13.0. The van der Waals surface area contributed by atoms with Crippen LogP contribution in [0.5, 0.6) is 0 Å². The number of carbonyl (C=O) groups excluding carboxylic acids is 1. The molecule has 0 N–H and O–H groups in total. The number of halogens is 2. The third-order valence-electron chi connectivity index (χ3n) is 5.72. The molecule has 1 aliphatic rings. The Balaban J connectivity index is 1.63. The van der Waals surface area contributed by atoms with Crippen LogP contribution in [0.3, 0.4) is 0 Å². The number of hydrogen-bond donors (Lipinski definition) is 0. The second-order valence-electron chi connectivity index (χ2n) is 7.69. The maximum absolute atomic E-state index is 14.6. The van der Waals surface area contributed by atoms with Crippen molar-refractivity contribution in [2.45, 2.75) is 38.1 Å². The van der Waals surface area contributed by atoms with E-state index < -0.39 is 6.04 Å². The van der Waals surface area contributed by atoms with Gasteiger partial charge in [0.1, 0.15) is 17.9 Å². The van der Waals surface area contributed by atoms with E-state index in [4.69, 9.17) is 0 Å². The van der Waals surface area contributed by atoms with Gasteiger partial charge in [-0.15, -0.1) is 0 Å². The minimum absolute atomic E-state index is 0.293. The number of rotatable bonds is 10. The fourth-order valence-corrected chi connectivity index (χ4v) is 4.12. The van der Waals surface area contributed by atoms with Gasteiger partial charge in [0.25, 0.3) is 0 Å². The number of piperazine rings is 1. The van der Waals surface area contributed by atoms with Crippen molar-refractivity contribution in [2.75, 3.05) is 32.7 Å². The van der Waals surface area contributed by atoms with Crippen LogP contribution in [0.2, 0.25) is 0 Å². The highest BCUT2D eigenvalue weighted by atomic mass is 19.1. The van der Waals surface area contributed by atoms with Crippen molar-refractivity contribution in [3.63, 3.8) is 0 Å². The normalized spacial score (nSPS) is 15.7. The number of nitrogens with zero attached hydrogens (tertiary/aromatic N) is 2. The summed E-state index contributed by atoms with van der Waals surface area (Å²) in [5.41, 5.74) is 1.06. The highest BCUT2D eigenvalue weighted by Crippen LogP contribution is 2.32. The van der Waals surface area contributed by atoms with E-state index in [9.17, 15) is 13.6 Å². The molecule has 3 nitrogen and oxygen atoms in total. The zero-order chi connectivity index (χ0) is 20.5. The third kappa shape index (κ3) is 5.94. The van der Waals surface area contributed by atoms with Gasteiger partial charge in [-0.25, -0.2) is 8.78 Å². The number of hydrogen-bond acceptors (Lipinski definition) is 3. The van der Waals surface area contributed by atoms with E-state index in [1.54, 1.807) is 24.3 Å². The topological polar surface area (TPSA) is 23.6 Å². The van der Waals surface area contributed by atoms with Crippen LogP contribution < -0.4 is 0 Å². The fourth-order valence-electron chi connectivity index (χ4n) is 4.12. The Morgan fingerprint density at radius 1 is 0.793 bits per heavy atom. The molecule has 0 spiro atoms. The minimum atomic E-state index is -0.414. The van der Waals surface area contributed by atoms with Crippen LogP contribution in [0, 0.1) is 11.6 Å². The van der Waals surface area contributed by atoms with E-state index in [0.29, 0.717) is 17.5 Å². The van der Waals surface area contributed by atoms with Crippen molar-refractivity contribution in [2.24, 2.45) is 0 Å². The van der Waals surface area contributed by atoms with Crippen molar-refractivity contribution >= 4 is 6.29 Å². The molecular weight excluding hydrogens is 370 g/mol. The smallest absolute Gasteiger partial charge is 0.128 e. The van der Waals surface area contributed by atoms with Gasteiger partial charge in [-0.05, 0) is 31.5 Å². The highest BCUT2D eigenvalue weighted by Gasteiger charge is 2.29. The number of unbranched alkanes of at least 4 members (excludes halogenated alkanes) is 4. The second kappa shape index (κ2) is 11.2. The molecule has 0 saturated carbocycles. The minimum Gasteiger partial charge on any atom is -0.303 e. The summed E-state index contributed by atoms with van der Waals surface area (Å²) in [4.78, 5) is 15.0. The molecule has 0 amide bonds. The van der Waals surface area contributed by atoms with Crippen LogP contribution in [-0.2, 0) is 4.79 Å². The van der Waals surface area contributed by atoms with Gasteiger partial charge in [0, 0.05) is 43.7 Å². The van der Waals surface area contributed by atoms with Crippen molar-refractivity contribution < 1.29 is 13.6 Å². The lowest BCUT2D eigenvalue weighted by Crippen LogP contribution is -2.48. The van der Waals surface area contributed by atoms with E-state index in [2.05, 4.69) is 9.80 Å². The van der Waals surface area contributed by atoms with Gasteiger partial charge >= 0.3 is 0 Å². The maximum Gasteiger partial charge on any atom is 0.128 e. The second-order valence-corrected chi connectivity index (χ2v) is 7.69. The molecule has 1 aliphatic heterocycles. The number of aldehydes is 1. The molecule has 1 fully saturated rings. The Labute approximate surface area is 172 Å². The molecule has 0 unspecified atom stereocenters. The Hall–Kier alpha value is -2.11. The Morgan fingerprint density at radius 2 is 1.34 bits per heavy atom. The Morgan fingerprint density at radius 3 is 1.90 bits per heavy atom. The van der Waals surface area contributed by atoms with Crippen molar-refractivity contribution in [1.82, 2.24) is 9.80 Å². The van der Waals surface area contributed by atoms with Gasteiger partial charge in [-0.3, -0.25) is 4.90 Å². The fraction of sp³-hybridized carbons (Fsp3) is 0.458. The van der Waals surface area contributed by atoms with E-state index >= 15 is 0 Å². The molecule has 0 aliphatic carbocycles. The standard InChI is InChI=1S/C24H30F2N2O/c25-22-12-6-4-10-20(22)24(21-11-5-7-13-23(21)26)28-17-15-27(16-18-28)14-8-2-1-3-9-19-29/h4-7,10-13,19,24H,1-3,8-9,14-18H2. The summed E-state index contributed by atoms with van der Waals surface area (Å²) < 4.78 is 29.2. The molecule has 0 atom stereocenters. The van der Waals surface area contributed by atoms with Crippen molar-refractivity contribution in [1.29, 1.82) is 0 Å². The van der Waals surface area contributed by atoms with Gasteiger partial charge in [0.05, 0.1) is 6.04 Å². The van der Waals surface area contributed by atoms with Crippen molar-refractivity contribution in [3.8, 4) is 0 Å². The first-order valence-electron chi connectivity index (χ1n) is 10.6. The third-order valence-corrected chi connectivity index (χ3v) is 5.72. The first-order chi connectivity index (χ1) is 14.2. The lowest BCUT2D eigenvalue weighted by Gasteiger charge is -2.40. The Kier molecular flexibility index (Phi) is 8.32. The molecule has 29 heavy (non-hydrogen) atoms. The van der Waals surface area contributed by atoms with Crippen LogP contribution in [0.1, 0.15) is 49.3 Å². The molecule has 0 radical (unpaired) electrons. The summed E-state index contributed by atoms with van der Waals surface area (Å²) >= 11 is 0. The molecule has 0 aromatic heterocycles. The lowest BCUT2D eigenvalue weighted by molar-refractivity contribution is -0.107. The molecule has 0 bridgehead atoms. The summed E-state index contributed by atoms with van der Waals surface area (Å²) in [7, 11) is 0. The molecule has 2 aromatic rings. The predicted molar refractivity (Wildman–Crippen MR) is 112 cm³/mol. The molecule has 2 aromatic carbocycles. The van der Waals surface area contributed by atoms with Gasteiger partial charge < -0.3 is 9.69 Å². The van der Waals surface area contributed by atoms with E-state index in [1.807, 2.05) is 12.1 Å². The Bertz CT molecular complexity index is 729. The summed E-state index contributed by atoms with van der Waals surface area (Å²) in [5.74, 6) is -0.586. The molecule has 3 rings (SSSR count). The van der Waals surface area contributed by atoms with Gasteiger partial charge in [-0.1, -0.05) is 49.2 Å². The summed E-state index contributed by atoms with van der Waals surface area (Å²) in [6.45, 7) is 4.39. The number of benzene rings is 2. The average Bonchev–Trinajstić information content (AvgIpc) is 2.74. The lowest BCUT2D eigenvalue weighted by atomic mass is 9.95. The van der Waals surface area contributed by atoms with Crippen LogP contribution in [0.15, 0.2) is 48.5 Å². The van der Waals surface area contributed by atoms with E-state index in [1.165, 1.54) is 12.1 Å². The SMILES string of the molecule is O=CCCCCCCN1CCN(C(c2ccccc2F)c2ccccc2F)CC1. The zero-order valence-electron chi connectivity index (χ0n) is 16.9. The molecular formula is C24H30F2N2O. The maximum atomic E-state index is 14.6. The molecule has 156 valence electrons. The first kappa shape index (κ1) is 21.6.